The summed E-state index contributed by atoms with van der Waals surface area (Å²) in [6, 6.07) is 10.2. The van der Waals surface area contributed by atoms with Crippen molar-refractivity contribution in [3.63, 3.8) is 0 Å². The van der Waals surface area contributed by atoms with E-state index in [1.807, 2.05) is 11.8 Å². The number of benzene rings is 1. The molecule has 1 aliphatic heterocycles. The Morgan fingerprint density at radius 3 is 2.70 bits per heavy atom. The Bertz CT molecular complexity index is 427. The molecule has 1 atom stereocenters. The molecule has 1 unspecified atom stereocenters. The minimum atomic E-state index is 0.539. The van der Waals surface area contributed by atoms with Crippen molar-refractivity contribution >= 4 is 11.8 Å². The number of fused-ring (bicyclic) bond motifs is 1. The Morgan fingerprint density at radius 1 is 1.10 bits per heavy atom. The van der Waals surface area contributed by atoms with Gasteiger partial charge in [0.15, 0.2) is 0 Å². The van der Waals surface area contributed by atoms with E-state index in [1.54, 1.807) is 0 Å². The summed E-state index contributed by atoms with van der Waals surface area (Å²) >= 11 is 2.05. The average molecular weight is 290 g/mol. The van der Waals surface area contributed by atoms with Crippen molar-refractivity contribution in [2.45, 2.75) is 56.0 Å². The number of thioether (sulfide) groups is 1. The van der Waals surface area contributed by atoms with Crippen LogP contribution < -0.4 is 10.6 Å². The molecule has 1 aliphatic carbocycles. The molecule has 2 aliphatic rings. The lowest BCUT2D eigenvalue weighted by Crippen LogP contribution is -2.37. The van der Waals surface area contributed by atoms with Crippen LogP contribution in [0.4, 0.5) is 0 Å². The SMILES string of the molecule is CSC1CCC(NC2CCNCc3ccccc32)CC1. The Labute approximate surface area is 127 Å². The lowest BCUT2D eigenvalue weighted by atomic mass is 9.92. The monoisotopic (exact) mass is 290 g/mol. The first-order valence-electron chi connectivity index (χ1n) is 7.94. The second kappa shape index (κ2) is 6.97. The van der Waals surface area contributed by atoms with Crippen molar-refractivity contribution in [2.75, 3.05) is 12.8 Å². The zero-order chi connectivity index (χ0) is 13.8. The van der Waals surface area contributed by atoms with Crippen molar-refractivity contribution in [1.82, 2.24) is 10.6 Å². The highest BCUT2D eigenvalue weighted by Gasteiger charge is 2.25. The van der Waals surface area contributed by atoms with Gasteiger partial charge < -0.3 is 10.6 Å². The fourth-order valence-corrected chi connectivity index (χ4v) is 4.33. The maximum Gasteiger partial charge on any atom is 0.0337 e. The summed E-state index contributed by atoms with van der Waals surface area (Å²) in [6.07, 6.45) is 8.91. The van der Waals surface area contributed by atoms with E-state index in [2.05, 4.69) is 41.2 Å². The molecule has 110 valence electrons. The van der Waals surface area contributed by atoms with Crippen molar-refractivity contribution in [1.29, 1.82) is 0 Å². The van der Waals surface area contributed by atoms with Crippen molar-refractivity contribution in [3.8, 4) is 0 Å². The fraction of sp³-hybridized carbons (Fsp3) is 0.647. The molecule has 0 saturated heterocycles. The predicted octanol–water partition coefficient (Wildman–Crippen LogP) is 3.48. The molecule has 0 aromatic heterocycles. The molecule has 1 fully saturated rings. The molecule has 0 bridgehead atoms. The van der Waals surface area contributed by atoms with E-state index < -0.39 is 0 Å². The van der Waals surface area contributed by atoms with Crippen LogP contribution in [-0.2, 0) is 6.54 Å². The van der Waals surface area contributed by atoms with Gasteiger partial charge in [-0.3, -0.25) is 0 Å². The van der Waals surface area contributed by atoms with E-state index in [1.165, 1.54) is 43.2 Å². The standard InChI is InChI=1S/C17H26N2S/c1-20-15-8-6-14(7-9-15)19-17-10-11-18-12-13-4-2-3-5-16(13)17/h2-5,14-15,17-19H,6-12H2,1H3. The minimum absolute atomic E-state index is 0.539. The van der Waals surface area contributed by atoms with Crippen molar-refractivity contribution < 1.29 is 0 Å². The summed E-state index contributed by atoms with van der Waals surface area (Å²) < 4.78 is 0. The molecule has 3 rings (SSSR count). The zero-order valence-electron chi connectivity index (χ0n) is 12.4. The topological polar surface area (TPSA) is 24.1 Å². The maximum absolute atomic E-state index is 3.95. The summed E-state index contributed by atoms with van der Waals surface area (Å²) in [7, 11) is 0. The molecule has 1 heterocycles. The van der Waals surface area contributed by atoms with Gasteiger partial charge in [0.1, 0.15) is 0 Å². The highest BCUT2D eigenvalue weighted by Crippen LogP contribution is 2.30. The Balaban J connectivity index is 1.65. The molecular formula is C17H26N2S. The normalized spacial score (nSPS) is 30.6. The molecular weight excluding hydrogens is 264 g/mol. The van der Waals surface area contributed by atoms with E-state index in [0.29, 0.717) is 6.04 Å². The average Bonchev–Trinajstić information content (AvgIpc) is 2.71. The quantitative estimate of drug-likeness (QED) is 0.891. The van der Waals surface area contributed by atoms with Crippen LogP contribution in [0.2, 0.25) is 0 Å². The molecule has 0 spiro atoms. The third-order valence-electron chi connectivity index (χ3n) is 4.80. The lowest BCUT2D eigenvalue weighted by molar-refractivity contribution is 0.335. The van der Waals surface area contributed by atoms with Gasteiger partial charge >= 0.3 is 0 Å². The largest absolute Gasteiger partial charge is 0.313 e. The van der Waals surface area contributed by atoms with Gasteiger partial charge in [-0.15, -0.1) is 0 Å². The second-order valence-electron chi connectivity index (χ2n) is 6.09. The Morgan fingerprint density at radius 2 is 1.90 bits per heavy atom. The predicted molar refractivity (Wildman–Crippen MR) is 88.2 cm³/mol. The smallest absolute Gasteiger partial charge is 0.0337 e. The molecule has 20 heavy (non-hydrogen) atoms. The molecule has 1 saturated carbocycles. The van der Waals surface area contributed by atoms with Crippen LogP contribution in [0.1, 0.15) is 49.3 Å². The van der Waals surface area contributed by atoms with Gasteiger partial charge in [-0.05, 0) is 56.0 Å². The summed E-state index contributed by atoms with van der Waals surface area (Å²) in [5.74, 6) is 0. The molecule has 0 amide bonds. The first kappa shape index (κ1) is 14.4. The Kier molecular flexibility index (Phi) is 5.03. The number of hydrogen-bond acceptors (Lipinski definition) is 3. The third-order valence-corrected chi connectivity index (χ3v) is 5.94. The van der Waals surface area contributed by atoms with Crippen LogP contribution in [0.3, 0.4) is 0 Å². The highest BCUT2D eigenvalue weighted by molar-refractivity contribution is 7.99. The number of nitrogens with one attached hydrogen (secondary N) is 2. The van der Waals surface area contributed by atoms with Crippen molar-refractivity contribution in [3.05, 3.63) is 35.4 Å². The highest BCUT2D eigenvalue weighted by atomic mass is 32.2. The van der Waals surface area contributed by atoms with E-state index >= 15 is 0 Å². The van der Waals surface area contributed by atoms with Gasteiger partial charge in [0.05, 0.1) is 0 Å². The van der Waals surface area contributed by atoms with Crippen LogP contribution >= 0.6 is 11.8 Å². The number of rotatable bonds is 3. The lowest BCUT2D eigenvalue weighted by Gasteiger charge is -2.32. The van der Waals surface area contributed by atoms with Crippen LogP contribution in [0.25, 0.3) is 0 Å². The van der Waals surface area contributed by atoms with Gasteiger partial charge in [-0.2, -0.15) is 11.8 Å². The molecule has 1 aromatic rings. The summed E-state index contributed by atoms with van der Waals surface area (Å²) in [5.41, 5.74) is 2.99. The third kappa shape index (κ3) is 3.38. The summed E-state index contributed by atoms with van der Waals surface area (Å²) in [5, 5.41) is 8.39. The maximum atomic E-state index is 3.95. The molecule has 2 N–H and O–H groups in total. The summed E-state index contributed by atoms with van der Waals surface area (Å²) in [6.45, 7) is 2.14. The minimum Gasteiger partial charge on any atom is -0.313 e. The van der Waals surface area contributed by atoms with Crippen LogP contribution in [0.5, 0.6) is 0 Å². The fourth-order valence-electron chi connectivity index (χ4n) is 3.58. The van der Waals surface area contributed by atoms with Gasteiger partial charge in [0.2, 0.25) is 0 Å². The van der Waals surface area contributed by atoms with Gasteiger partial charge in [-0.1, -0.05) is 24.3 Å². The first-order chi connectivity index (χ1) is 9.86. The van der Waals surface area contributed by atoms with Gasteiger partial charge in [0.25, 0.3) is 0 Å². The number of hydrogen-bond donors (Lipinski definition) is 2. The van der Waals surface area contributed by atoms with Crippen LogP contribution in [0.15, 0.2) is 24.3 Å². The van der Waals surface area contributed by atoms with Gasteiger partial charge in [0, 0.05) is 23.9 Å². The van der Waals surface area contributed by atoms with Crippen LogP contribution in [0, 0.1) is 0 Å². The van der Waals surface area contributed by atoms with E-state index in [0.717, 1.165) is 24.4 Å². The first-order valence-corrected chi connectivity index (χ1v) is 9.23. The van der Waals surface area contributed by atoms with E-state index in [4.69, 9.17) is 0 Å². The van der Waals surface area contributed by atoms with Gasteiger partial charge in [-0.25, -0.2) is 0 Å². The summed E-state index contributed by atoms with van der Waals surface area (Å²) in [4.78, 5) is 0. The molecule has 2 nitrogen and oxygen atoms in total. The Hall–Kier alpha value is -0.510. The second-order valence-corrected chi connectivity index (χ2v) is 7.23. The zero-order valence-corrected chi connectivity index (χ0v) is 13.2. The van der Waals surface area contributed by atoms with Crippen LogP contribution in [-0.4, -0.2) is 24.1 Å². The van der Waals surface area contributed by atoms with E-state index in [-0.39, 0.29) is 0 Å². The molecule has 3 heteroatoms. The molecule has 1 aromatic carbocycles. The van der Waals surface area contributed by atoms with Crippen molar-refractivity contribution in [2.24, 2.45) is 0 Å². The molecule has 0 radical (unpaired) electrons. The van der Waals surface area contributed by atoms with E-state index in [9.17, 15) is 0 Å².